The summed E-state index contributed by atoms with van der Waals surface area (Å²) in [7, 11) is 0. The van der Waals surface area contributed by atoms with Gasteiger partial charge in [-0.15, -0.1) is 0 Å². The summed E-state index contributed by atoms with van der Waals surface area (Å²) >= 11 is 0. The molecule has 1 spiro atoms. The van der Waals surface area contributed by atoms with E-state index in [2.05, 4.69) is 0 Å². The molecular weight excluding hydrogens is 456 g/mol. The van der Waals surface area contributed by atoms with Gasteiger partial charge in [-0.2, -0.15) is 0 Å². The molecule has 2 aliphatic rings. The zero-order valence-electron chi connectivity index (χ0n) is 20.2. The van der Waals surface area contributed by atoms with Gasteiger partial charge in [0.15, 0.2) is 0 Å². The van der Waals surface area contributed by atoms with Crippen LogP contribution in [-0.2, 0) is 5.41 Å². The van der Waals surface area contributed by atoms with Gasteiger partial charge in [0, 0.05) is 40.5 Å². The number of hydrogen-bond donors (Lipinski definition) is 0. The Labute approximate surface area is 207 Å². The third kappa shape index (κ3) is 2.57. The molecule has 0 amide bonds. The maximum Gasteiger partial charge on any atom is 0.273 e. The summed E-state index contributed by atoms with van der Waals surface area (Å²) in [4.78, 5) is 23.2. The lowest BCUT2D eigenvalue weighted by Gasteiger charge is -2.40. The standard InChI is InChI=1S/C29H22N2O5/c1-15-9-12-23-27(16(15)2)36-28-18(4)17(3)26(31(34)35)14-25(28)29(23)22-8-6-5-7-20(22)21-11-10-19(30(32)33)13-24(21)29/h5-14H,1-4H3. The average molecular weight is 479 g/mol. The normalized spacial score (nSPS) is 16.6. The number of benzene rings is 4. The summed E-state index contributed by atoms with van der Waals surface area (Å²) in [6.07, 6.45) is 0. The van der Waals surface area contributed by atoms with Gasteiger partial charge >= 0.3 is 0 Å². The lowest BCUT2D eigenvalue weighted by molar-refractivity contribution is -0.385. The first-order chi connectivity index (χ1) is 17.2. The van der Waals surface area contributed by atoms with Crippen LogP contribution >= 0.6 is 0 Å². The van der Waals surface area contributed by atoms with Crippen LogP contribution in [0, 0.1) is 47.9 Å². The number of non-ortho nitro benzene ring substituents is 1. The van der Waals surface area contributed by atoms with Crippen LogP contribution in [0.5, 0.6) is 11.5 Å². The van der Waals surface area contributed by atoms with Crippen molar-refractivity contribution in [1.29, 1.82) is 0 Å². The molecule has 4 aromatic rings. The summed E-state index contributed by atoms with van der Waals surface area (Å²) in [5.41, 5.74) is 7.10. The van der Waals surface area contributed by atoms with Crippen LogP contribution in [-0.4, -0.2) is 9.85 Å². The Hall–Kier alpha value is -4.52. The highest BCUT2D eigenvalue weighted by atomic mass is 16.6. The Morgan fingerprint density at radius 1 is 0.667 bits per heavy atom. The van der Waals surface area contributed by atoms with Crippen molar-refractivity contribution in [2.75, 3.05) is 0 Å². The van der Waals surface area contributed by atoms with Crippen molar-refractivity contribution in [2.45, 2.75) is 33.1 Å². The molecule has 1 unspecified atom stereocenters. The third-order valence-corrected chi connectivity index (χ3v) is 7.94. The Kier molecular flexibility index (Phi) is 4.42. The number of ether oxygens (including phenoxy) is 1. The van der Waals surface area contributed by atoms with Gasteiger partial charge in [-0.25, -0.2) is 0 Å². The topological polar surface area (TPSA) is 95.5 Å². The molecular formula is C29H22N2O5. The molecule has 0 saturated heterocycles. The molecule has 0 aromatic heterocycles. The molecule has 0 radical (unpaired) electrons. The quantitative estimate of drug-likeness (QED) is 0.194. The fraction of sp³-hybridized carbons (Fsp3) is 0.172. The minimum absolute atomic E-state index is 0.00197. The van der Waals surface area contributed by atoms with Crippen molar-refractivity contribution in [3.63, 3.8) is 0 Å². The fourth-order valence-corrected chi connectivity index (χ4v) is 5.90. The summed E-state index contributed by atoms with van der Waals surface area (Å²) in [5, 5.41) is 24.0. The highest BCUT2D eigenvalue weighted by Gasteiger charge is 2.53. The maximum atomic E-state index is 12.1. The fourth-order valence-electron chi connectivity index (χ4n) is 5.90. The molecule has 36 heavy (non-hydrogen) atoms. The minimum Gasteiger partial charge on any atom is -0.456 e. The van der Waals surface area contributed by atoms with Crippen LogP contribution < -0.4 is 4.74 Å². The number of rotatable bonds is 2. The van der Waals surface area contributed by atoms with Crippen LogP contribution in [0.4, 0.5) is 11.4 Å². The minimum atomic E-state index is -1.01. The van der Waals surface area contributed by atoms with E-state index in [0.717, 1.165) is 38.9 Å². The van der Waals surface area contributed by atoms with Gasteiger partial charge in [0.2, 0.25) is 0 Å². The molecule has 7 nitrogen and oxygen atoms in total. The van der Waals surface area contributed by atoms with Gasteiger partial charge in [0.05, 0.1) is 15.3 Å². The second kappa shape index (κ2) is 7.24. The third-order valence-electron chi connectivity index (χ3n) is 7.94. The number of nitro benzene ring substituents is 2. The predicted molar refractivity (Wildman–Crippen MR) is 136 cm³/mol. The molecule has 4 aromatic carbocycles. The lowest BCUT2D eigenvalue weighted by atomic mass is 9.65. The van der Waals surface area contributed by atoms with Crippen LogP contribution in [0.25, 0.3) is 11.1 Å². The van der Waals surface area contributed by atoms with Gasteiger partial charge in [-0.05, 0) is 67.1 Å². The van der Waals surface area contributed by atoms with Crippen LogP contribution in [0.15, 0.2) is 60.7 Å². The second-order valence-electron chi connectivity index (χ2n) is 9.55. The molecule has 0 saturated carbocycles. The van der Waals surface area contributed by atoms with E-state index < -0.39 is 10.3 Å². The monoisotopic (exact) mass is 478 g/mol. The lowest BCUT2D eigenvalue weighted by Crippen LogP contribution is -2.33. The number of nitro groups is 2. The van der Waals surface area contributed by atoms with E-state index in [9.17, 15) is 20.2 Å². The molecule has 0 N–H and O–H groups in total. The number of nitrogens with zero attached hydrogens (tertiary/aromatic N) is 2. The maximum absolute atomic E-state index is 12.1. The molecule has 178 valence electrons. The SMILES string of the molecule is Cc1ccc2c(c1C)Oc1c(cc([N+](=O)[O-])c(C)c1C)C21c2ccccc2-c2ccc([N+](=O)[O-])cc21. The van der Waals surface area contributed by atoms with Crippen LogP contribution in [0.1, 0.15) is 44.5 Å². The summed E-state index contributed by atoms with van der Waals surface area (Å²) in [6.45, 7) is 7.57. The zero-order chi connectivity index (χ0) is 25.5. The van der Waals surface area contributed by atoms with Gasteiger partial charge in [-0.1, -0.05) is 36.4 Å². The number of hydrogen-bond acceptors (Lipinski definition) is 5. The smallest absolute Gasteiger partial charge is 0.273 e. The van der Waals surface area contributed by atoms with E-state index in [1.807, 2.05) is 57.2 Å². The first-order valence-corrected chi connectivity index (χ1v) is 11.6. The molecule has 7 heteroatoms. The molecule has 1 aliphatic carbocycles. The van der Waals surface area contributed by atoms with Crippen molar-refractivity contribution in [2.24, 2.45) is 0 Å². The average Bonchev–Trinajstić information content (AvgIpc) is 3.14. The highest BCUT2D eigenvalue weighted by Crippen LogP contribution is 2.64. The van der Waals surface area contributed by atoms with Crippen molar-refractivity contribution in [3.8, 4) is 22.6 Å². The highest BCUT2D eigenvalue weighted by molar-refractivity contribution is 5.90. The second-order valence-corrected chi connectivity index (χ2v) is 9.55. The van der Waals surface area contributed by atoms with Crippen molar-refractivity contribution in [3.05, 3.63) is 125 Å². The van der Waals surface area contributed by atoms with E-state index >= 15 is 0 Å². The van der Waals surface area contributed by atoms with Crippen molar-refractivity contribution in [1.82, 2.24) is 0 Å². The van der Waals surface area contributed by atoms with Gasteiger partial charge in [0.25, 0.3) is 11.4 Å². The Bertz CT molecular complexity index is 1670. The van der Waals surface area contributed by atoms with E-state index in [4.69, 9.17) is 4.74 Å². The number of aryl methyl sites for hydroxylation is 1. The Morgan fingerprint density at radius 3 is 2.08 bits per heavy atom. The zero-order valence-corrected chi connectivity index (χ0v) is 20.2. The van der Waals surface area contributed by atoms with Gasteiger partial charge in [0.1, 0.15) is 11.5 Å². The van der Waals surface area contributed by atoms with E-state index in [1.165, 1.54) is 6.07 Å². The largest absolute Gasteiger partial charge is 0.456 e. The van der Waals surface area contributed by atoms with E-state index in [0.29, 0.717) is 28.2 Å². The van der Waals surface area contributed by atoms with Gasteiger partial charge < -0.3 is 4.74 Å². The first-order valence-electron chi connectivity index (χ1n) is 11.6. The molecule has 1 atom stereocenters. The van der Waals surface area contributed by atoms with Gasteiger partial charge in [-0.3, -0.25) is 20.2 Å². The summed E-state index contributed by atoms with van der Waals surface area (Å²) in [6, 6.07) is 18.4. The Balaban J connectivity index is 1.88. The number of fused-ring (bicyclic) bond motifs is 9. The molecule has 0 bridgehead atoms. The molecule has 1 heterocycles. The van der Waals surface area contributed by atoms with E-state index in [1.54, 1.807) is 25.1 Å². The molecule has 1 aliphatic heterocycles. The Morgan fingerprint density at radius 2 is 1.36 bits per heavy atom. The van der Waals surface area contributed by atoms with E-state index in [-0.39, 0.29) is 16.3 Å². The summed E-state index contributed by atoms with van der Waals surface area (Å²) < 4.78 is 6.57. The summed E-state index contributed by atoms with van der Waals surface area (Å²) in [5.74, 6) is 1.25. The molecule has 6 rings (SSSR count). The first kappa shape index (κ1) is 22.0. The van der Waals surface area contributed by atoms with Crippen LogP contribution in [0.2, 0.25) is 0 Å². The predicted octanol–water partition coefficient (Wildman–Crippen LogP) is 7.21. The van der Waals surface area contributed by atoms with Crippen LogP contribution in [0.3, 0.4) is 0 Å². The molecule has 0 fully saturated rings. The van der Waals surface area contributed by atoms with Crippen molar-refractivity contribution < 1.29 is 14.6 Å². The van der Waals surface area contributed by atoms with Crippen molar-refractivity contribution >= 4 is 11.4 Å².